The first-order valence-electron chi connectivity index (χ1n) is 6.55. The number of carbonyl (C=O) groups is 1. The lowest BCUT2D eigenvalue weighted by Crippen LogP contribution is -2.45. The van der Waals surface area contributed by atoms with Crippen LogP contribution in [0.1, 0.15) is 46.0 Å². The topological polar surface area (TPSA) is 26.3 Å². The molecule has 94 valence electrons. The van der Waals surface area contributed by atoms with Gasteiger partial charge in [0, 0.05) is 24.3 Å². The van der Waals surface area contributed by atoms with Crippen LogP contribution in [-0.2, 0) is 9.53 Å². The van der Waals surface area contributed by atoms with Crippen LogP contribution in [0.5, 0.6) is 0 Å². The zero-order valence-corrected chi connectivity index (χ0v) is 12.6. The average Bonchev–Trinajstić information content (AvgIpc) is 2.16. The molecule has 0 aromatic rings. The summed E-state index contributed by atoms with van der Waals surface area (Å²) in [6, 6.07) is 0. The van der Waals surface area contributed by atoms with Crippen LogP contribution in [0.3, 0.4) is 0 Å². The smallest absolute Gasteiger partial charge is 0.163 e. The van der Waals surface area contributed by atoms with Gasteiger partial charge in [-0.05, 0) is 24.7 Å². The Hall–Kier alpha value is -0.0600. The van der Waals surface area contributed by atoms with Gasteiger partial charge < -0.3 is 4.74 Å². The zero-order valence-electron chi connectivity index (χ0n) is 10.5. The highest BCUT2D eigenvalue weighted by atomic mass is 127. The fraction of sp³-hybridized carbons (Fsp3) is 0.786. The molecule has 3 heteroatoms. The Labute approximate surface area is 116 Å². The van der Waals surface area contributed by atoms with Gasteiger partial charge in [-0.1, -0.05) is 36.4 Å². The average molecular weight is 346 g/mol. The van der Waals surface area contributed by atoms with Gasteiger partial charge >= 0.3 is 0 Å². The summed E-state index contributed by atoms with van der Waals surface area (Å²) in [5, 5.41) is 0. The normalized spacial score (nSPS) is 39.7. The fourth-order valence-corrected chi connectivity index (χ4v) is 4.75. The van der Waals surface area contributed by atoms with Crippen LogP contribution in [0.2, 0.25) is 0 Å². The van der Waals surface area contributed by atoms with Crippen molar-refractivity contribution in [3.05, 3.63) is 11.3 Å². The van der Waals surface area contributed by atoms with E-state index in [-0.39, 0.29) is 5.41 Å². The Morgan fingerprint density at radius 2 is 2.06 bits per heavy atom. The van der Waals surface area contributed by atoms with Gasteiger partial charge in [-0.3, -0.25) is 4.79 Å². The van der Waals surface area contributed by atoms with E-state index < -0.39 is 0 Å². The van der Waals surface area contributed by atoms with E-state index in [0.29, 0.717) is 28.2 Å². The summed E-state index contributed by atoms with van der Waals surface area (Å²) < 4.78 is 6.64. The van der Waals surface area contributed by atoms with E-state index in [1.54, 1.807) is 0 Å². The third-order valence-corrected chi connectivity index (χ3v) is 5.96. The number of ketones is 1. The van der Waals surface area contributed by atoms with Crippen molar-refractivity contribution in [2.75, 3.05) is 0 Å². The van der Waals surface area contributed by atoms with Crippen molar-refractivity contribution in [1.82, 2.24) is 0 Å². The predicted octanol–water partition coefficient (Wildman–Crippen LogP) is 3.63. The van der Waals surface area contributed by atoms with Crippen molar-refractivity contribution in [3.8, 4) is 0 Å². The van der Waals surface area contributed by atoms with E-state index in [1.807, 2.05) is 0 Å². The first kappa shape index (κ1) is 12.0. The monoisotopic (exact) mass is 346 g/mol. The number of rotatable bonds is 0. The van der Waals surface area contributed by atoms with Crippen molar-refractivity contribution in [3.63, 3.8) is 0 Å². The van der Waals surface area contributed by atoms with Crippen LogP contribution in [-0.4, -0.2) is 15.8 Å². The highest BCUT2D eigenvalue weighted by molar-refractivity contribution is 14.1. The van der Waals surface area contributed by atoms with E-state index in [2.05, 4.69) is 36.4 Å². The Morgan fingerprint density at radius 3 is 2.82 bits per heavy atom. The number of fused-ring (bicyclic) bond motifs is 3. The summed E-state index contributed by atoms with van der Waals surface area (Å²) in [6.45, 7) is 4.34. The molecule has 1 fully saturated rings. The van der Waals surface area contributed by atoms with Gasteiger partial charge in [0.25, 0.3) is 0 Å². The Bertz CT molecular complexity index is 397. The molecule has 0 spiro atoms. The summed E-state index contributed by atoms with van der Waals surface area (Å²) in [5.41, 5.74) is 1.14. The number of allylic oxidation sites excluding steroid dienone is 2. The summed E-state index contributed by atoms with van der Waals surface area (Å²) >= 11 is 2.49. The van der Waals surface area contributed by atoms with Gasteiger partial charge in [0.05, 0.1) is 3.92 Å². The van der Waals surface area contributed by atoms with Crippen LogP contribution < -0.4 is 0 Å². The lowest BCUT2D eigenvalue weighted by Gasteiger charge is -2.45. The number of Topliss-reactive ketones (excluding diaryl/α,β-unsaturated/α-hetero) is 1. The SMILES string of the molecule is CC1(C)CC(=O)C2=C(C1)O[C@H]1CCC[C@@H]2[C@H]1I. The van der Waals surface area contributed by atoms with Gasteiger partial charge in [0.2, 0.25) is 0 Å². The summed E-state index contributed by atoms with van der Waals surface area (Å²) in [5.74, 6) is 1.86. The molecule has 3 rings (SSSR count). The largest absolute Gasteiger partial charge is 0.493 e. The first-order valence-corrected chi connectivity index (χ1v) is 7.79. The third kappa shape index (κ3) is 1.94. The molecule has 3 aliphatic rings. The maximum atomic E-state index is 12.3. The van der Waals surface area contributed by atoms with Gasteiger partial charge in [0.1, 0.15) is 11.9 Å². The third-order valence-electron chi connectivity index (χ3n) is 4.29. The summed E-state index contributed by atoms with van der Waals surface area (Å²) in [4.78, 5) is 12.3. The molecule has 0 aromatic heterocycles. The molecular weight excluding hydrogens is 327 g/mol. The molecule has 0 unspecified atom stereocenters. The second-order valence-corrected chi connectivity index (χ2v) is 7.85. The van der Waals surface area contributed by atoms with Crippen LogP contribution in [0.15, 0.2) is 11.3 Å². The van der Waals surface area contributed by atoms with Crippen molar-refractivity contribution in [2.24, 2.45) is 11.3 Å². The molecule has 0 amide bonds. The number of ether oxygens (including phenoxy) is 1. The molecule has 0 radical (unpaired) electrons. The standard InChI is InChI=1S/C14H19IO2/c1-14(2)6-9(16)12-8-4-3-5-10(13(8)15)17-11(12)7-14/h8,10,13H,3-7H2,1-2H3/t8-,10-,13+/m0/s1. The summed E-state index contributed by atoms with van der Waals surface area (Å²) in [6.07, 6.45) is 5.55. The minimum Gasteiger partial charge on any atom is -0.493 e. The molecule has 0 aromatic carbocycles. The lowest BCUT2D eigenvalue weighted by atomic mass is 9.69. The van der Waals surface area contributed by atoms with Crippen molar-refractivity contribution in [2.45, 2.75) is 56.0 Å². The van der Waals surface area contributed by atoms with Crippen LogP contribution in [0.4, 0.5) is 0 Å². The maximum absolute atomic E-state index is 12.3. The van der Waals surface area contributed by atoms with E-state index in [9.17, 15) is 4.79 Å². The van der Waals surface area contributed by atoms with Crippen LogP contribution in [0.25, 0.3) is 0 Å². The van der Waals surface area contributed by atoms with Crippen molar-refractivity contribution in [1.29, 1.82) is 0 Å². The number of hydrogen-bond acceptors (Lipinski definition) is 2. The lowest BCUT2D eigenvalue weighted by molar-refractivity contribution is -0.121. The van der Waals surface area contributed by atoms with E-state index in [0.717, 1.165) is 24.2 Å². The second-order valence-electron chi connectivity index (χ2n) is 6.42. The molecule has 0 saturated heterocycles. The van der Waals surface area contributed by atoms with E-state index in [1.165, 1.54) is 12.8 Å². The van der Waals surface area contributed by atoms with Gasteiger partial charge in [-0.2, -0.15) is 0 Å². The van der Waals surface area contributed by atoms with Gasteiger partial charge in [0.15, 0.2) is 5.78 Å². The number of halogens is 1. The first-order chi connectivity index (χ1) is 7.98. The molecule has 0 N–H and O–H groups in total. The number of alkyl halides is 1. The minimum absolute atomic E-state index is 0.0856. The fourth-order valence-electron chi connectivity index (χ4n) is 3.52. The second kappa shape index (κ2) is 3.97. The maximum Gasteiger partial charge on any atom is 0.163 e. The van der Waals surface area contributed by atoms with Crippen molar-refractivity contribution >= 4 is 28.4 Å². The molecule has 3 atom stereocenters. The highest BCUT2D eigenvalue weighted by Gasteiger charge is 2.47. The van der Waals surface area contributed by atoms with Crippen LogP contribution >= 0.6 is 22.6 Å². The molecule has 1 heterocycles. The Kier molecular flexibility index (Phi) is 2.80. The van der Waals surface area contributed by atoms with Crippen LogP contribution in [0, 0.1) is 11.3 Å². The predicted molar refractivity (Wildman–Crippen MR) is 75.1 cm³/mol. The van der Waals surface area contributed by atoms with Gasteiger partial charge in [-0.25, -0.2) is 0 Å². The Balaban J connectivity index is 2.02. The molecule has 1 saturated carbocycles. The highest BCUT2D eigenvalue weighted by Crippen LogP contribution is 2.49. The molecule has 17 heavy (non-hydrogen) atoms. The Morgan fingerprint density at radius 1 is 1.29 bits per heavy atom. The number of hydrogen-bond donors (Lipinski definition) is 0. The molecular formula is C14H19IO2. The molecule has 2 nitrogen and oxygen atoms in total. The molecule has 2 bridgehead atoms. The number of carbonyl (C=O) groups excluding carboxylic acids is 1. The minimum atomic E-state index is 0.0856. The van der Waals surface area contributed by atoms with Gasteiger partial charge in [-0.15, -0.1) is 0 Å². The quantitative estimate of drug-likeness (QED) is 0.495. The molecule has 2 aliphatic carbocycles. The summed E-state index contributed by atoms with van der Waals surface area (Å²) in [7, 11) is 0. The van der Waals surface area contributed by atoms with Crippen molar-refractivity contribution < 1.29 is 9.53 Å². The zero-order chi connectivity index (χ0) is 12.2. The van der Waals surface area contributed by atoms with E-state index in [4.69, 9.17) is 4.74 Å². The molecule has 1 aliphatic heterocycles. The van der Waals surface area contributed by atoms with E-state index >= 15 is 0 Å².